The number of benzene rings is 1. The molecule has 0 radical (unpaired) electrons. The second-order valence-corrected chi connectivity index (χ2v) is 4.82. The summed E-state index contributed by atoms with van der Waals surface area (Å²) in [6, 6.07) is 6.90. The fourth-order valence-corrected chi connectivity index (χ4v) is 2.21. The maximum Gasteiger partial charge on any atom is 0.224 e. The van der Waals surface area contributed by atoms with Crippen LogP contribution >= 0.6 is 11.6 Å². The normalized spacial score (nSPS) is 18.3. The first-order valence-electron chi connectivity index (χ1n) is 5.89. The number of carbonyl (C=O) groups excluding carboxylic acids is 1. The van der Waals surface area contributed by atoms with Gasteiger partial charge in [-0.05, 0) is 43.6 Å². The first-order chi connectivity index (χ1) is 8.69. The van der Waals surface area contributed by atoms with Crippen LogP contribution in [0.5, 0.6) is 0 Å². The molecule has 1 heterocycles. The standard InChI is InChI=1S/C13H14ClN3O/c14-12-2-1-11(6-10(12)7-15)17-13(18)5-9-3-4-16-8-9/h1-2,6,9,16H,3-5,8H2,(H,17,18). The monoisotopic (exact) mass is 263 g/mol. The van der Waals surface area contributed by atoms with E-state index in [0.717, 1.165) is 19.5 Å². The van der Waals surface area contributed by atoms with Gasteiger partial charge in [-0.15, -0.1) is 0 Å². The van der Waals surface area contributed by atoms with Crippen LogP contribution in [-0.2, 0) is 4.79 Å². The molecule has 0 saturated carbocycles. The quantitative estimate of drug-likeness (QED) is 0.878. The zero-order valence-corrected chi connectivity index (χ0v) is 10.6. The minimum Gasteiger partial charge on any atom is -0.326 e. The highest BCUT2D eigenvalue weighted by atomic mass is 35.5. The molecule has 1 aliphatic heterocycles. The molecule has 5 heteroatoms. The summed E-state index contributed by atoms with van der Waals surface area (Å²) in [6.45, 7) is 1.88. The molecule has 1 saturated heterocycles. The molecule has 1 aromatic rings. The van der Waals surface area contributed by atoms with Crippen LogP contribution in [0.3, 0.4) is 0 Å². The van der Waals surface area contributed by atoms with Crippen molar-refractivity contribution in [1.82, 2.24) is 5.32 Å². The van der Waals surface area contributed by atoms with Gasteiger partial charge < -0.3 is 10.6 Å². The molecule has 0 spiro atoms. The van der Waals surface area contributed by atoms with Crippen molar-refractivity contribution in [2.75, 3.05) is 18.4 Å². The van der Waals surface area contributed by atoms with Crippen LogP contribution in [0.25, 0.3) is 0 Å². The van der Waals surface area contributed by atoms with Gasteiger partial charge in [-0.25, -0.2) is 0 Å². The van der Waals surface area contributed by atoms with Crippen molar-refractivity contribution in [1.29, 1.82) is 5.26 Å². The number of halogens is 1. The lowest BCUT2D eigenvalue weighted by Crippen LogP contribution is -2.18. The number of hydrogen-bond donors (Lipinski definition) is 2. The summed E-state index contributed by atoms with van der Waals surface area (Å²) < 4.78 is 0. The van der Waals surface area contributed by atoms with Crippen LogP contribution in [0.1, 0.15) is 18.4 Å². The number of nitriles is 1. The Morgan fingerprint density at radius 3 is 3.11 bits per heavy atom. The van der Waals surface area contributed by atoms with Crippen molar-refractivity contribution in [3.63, 3.8) is 0 Å². The first-order valence-corrected chi connectivity index (χ1v) is 6.27. The van der Waals surface area contributed by atoms with E-state index in [0.29, 0.717) is 28.6 Å². The van der Waals surface area contributed by atoms with Gasteiger partial charge in [0.2, 0.25) is 5.91 Å². The van der Waals surface area contributed by atoms with Gasteiger partial charge in [0.15, 0.2) is 0 Å². The second-order valence-electron chi connectivity index (χ2n) is 4.42. The highest BCUT2D eigenvalue weighted by Crippen LogP contribution is 2.20. The topological polar surface area (TPSA) is 64.9 Å². The Morgan fingerprint density at radius 2 is 2.44 bits per heavy atom. The molecular weight excluding hydrogens is 250 g/mol. The molecule has 0 aromatic heterocycles. The largest absolute Gasteiger partial charge is 0.326 e. The number of anilines is 1. The predicted molar refractivity (Wildman–Crippen MR) is 70.4 cm³/mol. The van der Waals surface area contributed by atoms with Gasteiger partial charge >= 0.3 is 0 Å². The van der Waals surface area contributed by atoms with Crippen molar-refractivity contribution in [2.24, 2.45) is 5.92 Å². The molecule has 1 amide bonds. The SMILES string of the molecule is N#Cc1cc(NC(=O)CC2CCNC2)ccc1Cl. The van der Waals surface area contributed by atoms with Crippen LogP contribution in [0.4, 0.5) is 5.69 Å². The van der Waals surface area contributed by atoms with Crippen molar-refractivity contribution in [3.05, 3.63) is 28.8 Å². The van der Waals surface area contributed by atoms with Gasteiger partial charge in [0.25, 0.3) is 0 Å². The Hall–Kier alpha value is -1.57. The zero-order valence-electron chi connectivity index (χ0n) is 9.87. The predicted octanol–water partition coefficient (Wildman–Crippen LogP) is 2.15. The zero-order chi connectivity index (χ0) is 13.0. The summed E-state index contributed by atoms with van der Waals surface area (Å²) in [7, 11) is 0. The fourth-order valence-electron chi connectivity index (χ4n) is 2.05. The summed E-state index contributed by atoms with van der Waals surface area (Å²) in [4.78, 5) is 11.8. The number of rotatable bonds is 3. The lowest BCUT2D eigenvalue weighted by Gasteiger charge is -2.09. The minimum atomic E-state index is -0.0186. The van der Waals surface area contributed by atoms with Crippen molar-refractivity contribution < 1.29 is 4.79 Å². The first kappa shape index (κ1) is 12.9. The molecule has 1 aromatic carbocycles. The molecule has 1 aliphatic rings. The van der Waals surface area contributed by atoms with Gasteiger partial charge in [-0.2, -0.15) is 5.26 Å². The van der Waals surface area contributed by atoms with E-state index < -0.39 is 0 Å². The maximum absolute atomic E-state index is 11.8. The van der Waals surface area contributed by atoms with E-state index >= 15 is 0 Å². The molecular formula is C13H14ClN3O. The van der Waals surface area contributed by atoms with Crippen LogP contribution < -0.4 is 10.6 Å². The molecule has 1 fully saturated rings. The van der Waals surface area contributed by atoms with Crippen molar-refractivity contribution in [3.8, 4) is 6.07 Å². The van der Waals surface area contributed by atoms with E-state index in [1.165, 1.54) is 0 Å². The van der Waals surface area contributed by atoms with Gasteiger partial charge in [-0.1, -0.05) is 11.6 Å². The lowest BCUT2D eigenvalue weighted by molar-refractivity contribution is -0.116. The average Bonchev–Trinajstić information content (AvgIpc) is 2.84. The number of nitrogens with zero attached hydrogens (tertiary/aromatic N) is 1. The van der Waals surface area contributed by atoms with Crippen molar-refractivity contribution in [2.45, 2.75) is 12.8 Å². The average molecular weight is 264 g/mol. The number of carbonyl (C=O) groups is 1. The fraction of sp³-hybridized carbons (Fsp3) is 0.385. The Bertz CT molecular complexity index is 489. The summed E-state index contributed by atoms with van der Waals surface area (Å²) >= 11 is 5.83. The molecule has 1 unspecified atom stereocenters. The van der Waals surface area contributed by atoms with E-state index in [4.69, 9.17) is 16.9 Å². The third-order valence-corrected chi connectivity index (χ3v) is 3.34. The molecule has 0 aliphatic carbocycles. The van der Waals surface area contributed by atoms with Crippen LogP contribution in [0.15, 0.2) is 18.2 Å². The summed E-state index contributed by atoms with van der Waals surface area (Å²) in [6.07, 6.45) is 1.55. The van der Waals surface area contributed by atoms with E-state index in [1.807, 2.05) is 6.07 Å². The number of amides is 1. The van der Waals surface area contributed by atoms with E-state index in [-0.39, 0.29) is 5.91 Å². The molecule has 4 nitrogen and oxygen atoms in total. The summed E-state index contributed by atoms with van der Waals surface area (Å²) in [5, 5.41) is 15.3. The van der Waals surface area contributed by atoms with E-state index in [9.17, 15) is 4.79 Å². The Kier molecular flexibility index (Phi) is 4.19. The molecule has 1 atom stereocenters. The lowest BCUT2D eigenvalue weighted by atomic mass is 10.0. The Morgan fingerprint density at radius 1 is 1.61 bits per heavy atom. The van der Waals surface area contributed by atoms with Crippen LogP contribution in [-0.4, -0.2) is 19.0 Å². The molecule has 94 valence electrons. The third kappa shape index (κ3) is 3.22. The molecule has 0 bridgehead atoms. The molecule has 2 rings (SSSR count). The Labute approximate surface area is 111 Å². The van der Waals surface area contributed by atoms with E-state index in [1.54, 1.807) is 18.2 Å². The highest BCUT2D eigenvalue weighted by molar-refractivity contribution is 6.31. The van der Waals surface area contributed by atoms with Crippen LogP contribution in [0, 0.1) is 17.2 Å². The maximum atomic E-state index is 11.8. The second kappa shape index (κ2) is 5.85. The minimum absolute atomic E-state index is 0.0186. The Balaban J connectivity index is 1.96. The van der Waals surface area contributed by atoms with Gasteiger partial charge in [0.1, 0.15) is 6.07 Å². The van der Waals surface area contributed by atoms with Gasteiger partial charge in [-0.3, -0.25) is 4.79 Å². The molecule has 2 N–H and O–H groups in total. The van der Waals surface area contributed by atoms with E-state index in [2.05, 4.69) is 10.6 Å². The summed E-state index contributed by atoms with van der Waals surface area (Å²) in [5.74, 6) is 0.391. The number of nitrogens with one attached hydrogen (secondary N) is 2. The third-order valence-electron chi connectivity index (χ3n) is 3.01. The molecule has 18 heavy (non-hydrogen) atoms. The highest BCUT2D eigenvalue weighted by Gasteiger charge is 2.18. The smallest absolute Gasteiger partial charge is 0.224 e. The van der Waals surface area contributed by atoms with Crippen molar-refractivity contribution >= 4 is 23.2 Å². The number of hydrogen-bond acceptors (Lipinski definition) is 3. The van der Waals surface area contributed by atoms with Gasteiger partial charge in [0, 0.05) is 12.1 Å². The summed E-state index contributed by atoms with van der Waals surface area (Å²) in [5.41, 5.74) is 0.990. The van der Waals surface area contributed by atoms with Gasteiger partial charge in [0.05, 0.1) is 10.6 Å². The van der Waals surface area contributed by atoms with Crippen LogP contribution in [0.2, 0.25) is 5.02 Å².